The van der Waals surface area contributed by atoms with E-state index < -0.39 is 0 Å². The van der Waals surface area contributed by atoms with E-state index in [1.54, 1.807) is 4.68 Å². The molecular formula is C15H25N5O. The van der Waals surface area contributed by atoms with Crippen LogP contribution in [0.3, 0.4) is 0 Å². The molecule has 0 radical (unpaired) electrons. The maximum Gasteiger partial charge on any atom is 0.257 e. The summed E-state index contributed by atoms with van der Waals surface area (Å²) in [4.78, 5) is 17.1. The van der Waals surface area contributed by atoms with E-state index in [1.807, 2.05) is 25.1 Å². The number of aryl methyl sites for hydroxylation is 2. The molecule has 2 aliphatic heterocycles. The van der Waals surface area contributed by atoms with E-state index >= 15 is 0 Å². The predicted octanol–water partition coefficient (Wildman–Crippen LogP) is 0.366. The Bertz CT molecular complexity index is 518. The van der Waals surface area contributed by atoms with Gasteiger partial charge in [-0.05, 0) is 39.3 Å². The normalized spacial score (nSPS) is 24.7. The molecule has 1 atom stereocenters. The van der Waals surface area contributed by atoms with Crippen LogP contribution in [0.2, 0.25) is 0 Å². The minimum Gasteiger partial charge on any atom is -0.337 e. The number of nitrogens with two attached hydrogens (primary N) is 1. The molecule has 1 amide bonds. The van der Waals surface area contributed by atoms with Crippen LogP contribution < -0.4 is 5.73 Å². The molecule has 1 aromatic heterocycles. The third-order valence-electron chi connectivity index (χ3n) is 4.79. The first-order valence-electron chi connectivity index (χ1n) is 7.83. The molecule has 116 valence electrons. The van der Waals surface area contributed by atoms with Crippen LogP contribution in [0.15, 0.2) is 6.20 Å². The van der Waals surface area contributed by atoms with E-state index in [4.69, 9.17) is 5.73 Å². The minimum atomic E-state index is 0.122. The molecule has 3 heterocycles. The van der Waals surface area contributed by atoms with Crippen LogP contribution in [0.5, 0.6) is 0 Å². The van der Waals surface area contributed by atoms with E-state index in [9.17, 15) is 4.79 Å². The largest absolute Gasteiger partial charge is 0.337 e. The lowest BCUT2D eigenvalue weighted by Gasteiger charge is -2.34. The molecule has 0 aromatic carbocycles. The van der Waals surface area contributed by atoms with Crippen molar-refractivity contribution in [1.82, 2.24) is 19.6 Å². The number of carbonyl (C=O) groups excluding carboxylic acids is 1. The summed E-state index contributed by atoms with van der Waals surface area (Å²) in [6.07, 6.45) is 5.05. The quantitative estimate of drug-likeness (QED) is 0.854. The van der Waals surface area contributed by atoms with Crippen LogP contribution in [-0.4, -0.2) is 63.8 Å². The fourth-order valence-corrected chi connectivity index (χ4v) is 3.49. The van der Waals surface area contributed by atoms with Gasteiger partial charge >= 0.3 is 0 Å². The summed E-state index contributed by atoms with van der Waals surface area (Å²) in [5.74, 6) is 0.122. The van der Waals surface area contributed by atoms with Gasteiger partial charge in [0.25, 0.3) is 5.91 Å². The van der Waals surface area contributed by atoms with Crippen molar-refractivity contribution in [2.45, 2.75) is 38.3 Å². The van der Waals surface area contributed by atoms with Gasteiger partial charge < -0.3 is 10.6 Å². The van der Waals surface area contributed by atoms with Crippen molar-refractivity contribution >= 4 is 5.91 Å². The topological polar surface area (TPSA) is 67.4 Å². The highest BCUT2D eigenvalue weighted by atomic mass is 16.2. The van der Waals surface area contributed by atoms with Crippen molar-refractivity contribution in [3.05, 3.63) is 17.5 Å². The van der Waals surface area contributed by atoms with Crippen molar-refractivity contribution in [1.29, 1.82) is 0 Å². The number of likely N-dealkylation sites (tertiary alicyclic amines) is 2. The van der Waals surface area contributed by atoms with Crippen molar-refractivity contribution < 1.29 is 4.79 Å². The van der Waals surface area contributed by atoms with Gasteiger partial charge in [0.1, 0.15) is 0 Å². The molecule has 2 aliphatic rings. The molecule has 1 aromatic rings. The SMILES string of the molecule is Cc1nn(C)cc1C(=O)N1CCC(N2CCC(N)CC2)C1. The van der Waals surface area contributed by atoms with Crippen molar-refractivity contribution in [2.75, 3.05) is 26.2 Å². The van der Waals surface area contributed by atoms with Gasteiger partial charge in [0.05, 0.1) is 11.3 Å². The second-order valence-electron chi connectivity index (χ2n) is 6.37. The maximum absolute atomic E-state index is 12.6. The molecule has 2 saturated heterocycles. The number of carbonyl (C=O) groups is 1. The van der Waals surface area contributed by atoms with E-state index in [0.29, 0.717) is 12.1 Å². The number of piperidine rings is 1. The zero-order valence-electron chi connectivity index (χ0n) is 13.0. The van der Waals surface area contributed by atoms with Gasteiger partial charge in [0.2, 0.25) is 0 Å². The second kappa shape index (κ2) is 5.77. The van der Waals surface area contributed by atoms with Crippen molar-refractivity contribution in [2.24, 2.45) is 12.8 Å². The lowest BCUT2D eigenvalue weighted by molar-refractivity contribution is 0.0768. The standard InChI is InChI=1S/C15H25N5O/c1-11-14(10-18(2)17-11)15(21)20-8-5-13(9-20)19-6-3-12(16)4-7-19/h10,12-13H,3-9,16H2,1-2H3. The number of aromatic nitrogens is 2. The van der Waals surface area contributed by atoms with Gasteiger partial charge in [-0.1, -0.05) is 0 Å². The van der Waals surface area contributed by atoms with Gasteiger partial charge in [0, 0.05) is 38.4 Å². The molecule has 0 aliphatic carbocycles. The van der Waals surface area contributed by atoms with Crippen LogP contribution >= 0.6 is 0 Å². The molecule has 2 fully saturated rings. The molecule has 6 nitrogen and oxygen atoms in total. The summed E-state index contributed by atoms with van der Waals surface area (Å²) < 4.78 is 1.71. The van der Waals surface area contributed by atoms with Crippen LogP contribution in [0.4, 0.5) is 0 Å². The highest BCUT2D eigenvalue weighted by Gasteiger charge is 2.33. The zero-order chi connectivity index (χ0) is 15.0. The third-order valence-corrected chi connectivity index (χ3v) is 4.79. The van der Waals surface area contributed by atoms with Crippen LogP contribution in [0.25, 0.3) is 0 Å². The number of hydrogen-bond acceptors (Lipinski definition) is 4. The maximum atomic E-state index is 12.6. The van der Waals surface area contributed by atoms with Crippen LogP contribution in [-0.2, 0) is 7.05 Å². The lowest BCUT2D eigenvalue weighted by Crippen LogP contribution is -2.46. The Hall–Kier alpha value is -1.40. The highest BCUT2D eigenvalue weighted by molar-refractivity contribution is 5.95. The Kier molecular flexibility index (Phi) is 3.99. The van der Waals surface area contributed by atoms with E-state index in [0.717, 1.165) is 56.7 Å². The zero-order valence-corrected chi connectivity index (χ0v) is 13.0. The van der Waals surface area contributed by atoms with Gasteiger partial charge in [-0.3, -0.25) is 14.4 Å². The van der Waals surface area contributed by atoms with Crippen molar-refractivity contribution in [3.63, 3.8) is 0 Å². The van der Waals surface area contributed by atoms with Crippen LogP contribution in [0, 0.1) is 6.92 Å². The Balaban J connectivity index is 1.61. The Morgan fingerprint density at radius 2 is 2.00 bits per heavy atom. The summed E-state index contributed by atoms with van der Waals surface area (Å²) in [6.45, 7) is 5.72. The Morgan fingerprint density at radius 1 is 1.29 bits per heavy atom. The summed E-state index contributed by atoms with van der Waals surface area (Å²) in [5, 5.41) is 4.27. The fourth-order valence-electron chi connectivity index (χ4n) is 3.49. The van der Waals surface area contributed by atoms with E-state index in [-0.39, 0.29) is 5.91 Å². The van der Waals surface area contributed by atoms with E-state index in [2.05, 4.69) is 10.00 Å². The first-order valence-corrected chi connectivity index (χ1v) is 7.83. The number of nitrogens with zero attached hydrogens (tertiary/aromatic N) is 4. The molecule has 0 bridgehead atoms. The lowest BCUT2D eigenvalue weighted by atomic mass is 10.0. The fraction of sp³-hybridized carbons (Fsp3) is 0.733. The molecule has 0 saturated carbocycles. The third kappa shape index (κ3) is 2.96. The molecule has 2 N–H and O–H groups in total. The average molecular weight is 291 g/mol. The molecule has 6 heteroatoms. The summed E-state index contributed by atoms with van der Waals surface area (Å²) >= 11 is 0. The number of rotatable bonds is 2. The summed E-state index contributed by atoms with van der Waals surface area (Å²) in [6, 6.07) is 0.858. The van der Waals surface area contributed by atoms with Crippen LogP contribution in [0.1, 0.15) is 35.3 Å². The number of amides is 1. The van der Waals surface area contributed by atoms with Gasteiger partial charge in [0.15, 0.2) is 0 Å². The second-order valence-corrected chi connectivity index (χ2v) is 6.37. The smallest absolute Gasteiger partial charge is 0.257 e. The number of hydrogen-bond donors (Lipinski definition) is 1. The molecule has 3 rings (SSSR count). The van der Waals surface area contributed by atoms with E-state index in [1.165, 1.54) is 0 Å². The van der Waals surface area contributed by atoms with Gasteiger partial charge in [-0.2, -0.15) is 5.10 Å². The Labute approximate surface area is 125 Å². The molecule has 21 heavy (non-hydrogen) atoms. The van der Waals surface area contributed by atoms with Crippen molar-refractivity contribution in [3.8, 4) is 0 Å². The summed E-state index contributed by atoms with van der Waals surface area (Å²) in [5.41, 5.74) is 7.52. The highest BCUT2D eigenvalue weighted by Crippen LogP contribution is 2.22. The average Bonchev–Trinajstić information content (AvgIpc) is 3.06. The van der Waals surface area contributed by atoms with Gasteiger partial charge in [-0.25, -0.2) is 0 Å². The predicted molar refractivity (Wildman–Crippen MR) is 81.0 cm³/mol. The minimum absolute atomic E-state index is 0.122. The Morgan fingerprint density at radius 3 is 2.62 bits per heavy atom. The summed E-state index contributed by atoms with van der Waals surface area (Å²) in [7, 11) is 1.85. The first-order chi connectivity index (χ1) is 10.0. The monoisotopic (exact) mass is 291 g/mol. The molecule has 0 spiro atoms. The molecular weight excluding hydrogens is 266 g/mol. The van der Waals surface area contributed by atoms with Gasteiger partial charge in [-0.15, -0.1) is 0 Å². The molecule has 1 unspecified atom stereocenters. The first kappa shape index (κ1) is 14.5.